The van der Waals surface area contributed by atoms with Crippen LogP contribution in [0.1, 0.15) is 24.0 Å². The summed E-state index contributed by atoms with van der Waals surface area (Å²) in [4.78, 5) is 2.24. The van der Waals surface area contributed by atoms with Crippen molar-refractivity contribution in [3.63, 3.8) is 0 Å². The second-order valence-electron chi connectivity index (χ2n) is 6.80. The van der Waals surface area contributed by atoms with E-state index in [0.717, 1.165) is 54.3 Å². The Morgan fingerprint density at radius 3 is 2.74 bits per heavy atom. The average molecular weight is 388 g/mol. The first kappa shape index (κ1) is 19.7. The number of aliphatic hydroxyl groups excluding tert-OH is 1. The fourth-order valence-electron chi connectivity index (χ4n) is 3.19. The molecule has 144 valence electrons. The number of hydrogen-bond acceptors (Lipinski definition) is 5. The minimum atomic E-state index is -0.192. The molecule has 0 radical (unpaired) electrons. The summed E-state index contributed by atoms with van der Waals surface area (Å²) < 4.78 is 5.66. The van der Waals surface area contributed by atoms with Crippen molar-refractivity contribution >= 4 is 23.2 Å². The van der Waals surface area contributed by atoms with E-state index >= 15 is 0 Å². The molecule has 2 aromatic carbocycles. The van der Waals surface area contributed by atoms with Gasteiger partial charge in [0, 0.05) is 36.9 Å². The molecule has 0 spiro atoms. The number of rotatable bonds is 8. The maximum atomic E-state index is 9.55. The fourth-order valence-corrected chi connectivity index (χ4v) is 3.32. The quantitative estimate of drug-likeness (QED) is 0.366. The van der Waals surface area contributed by atoms with Crippen molar-refractivity contribution in [2.24, 2.45) is 0 Å². The zero-order valence-corrected chi connectivity index (χ0v) is 16.1. The van der Waals surface area contributed by atoms with Crippen LogP contribution in [0, 0.1) is 5.41 Å². The lowest BCUT2D eigenvalue weighted by molar-refractivity contribution is 0.172. The molecule has 5 nitrogen and oxygen atoms in total. The van der Waals surface area contributed by atoms with Crippen molar-refractivity contribution in [2.75, 3.05) is 31.6 Å². The third-order valence-corrected chi connectivity index (χ3v) is 4.93. The highest BCUT2D eigenvalue weighted by atomic mass is 35.5. The van der Waals surface area contributed by atoms with E-state index in [9.17, 15) is 5.11 Å². The first-order valence-corrected chi connectivity index (χ1v) is 9.69. The molecule has 0 bridgehead atoms. The first-order chi connectivity index (χ1) is 13.1. The van der Waals surface area contributed by atoms with Gasteiger partial charge in [-0.3, -0.25) is 5.41 Å². The van der Waals surface area contributed by atoms with E-state index in [-0.39, 0.29) is 12.0 Å². The molecular weight excluding hydrogens is 362 g/mol. The van der Waals surface area contributed by atoms with Crippen LogP contribution in [0.5, 0.6) is 0 Å². The van der Waals surface area contributed by atoms with Crippen LogP contribution in [-0.2, 0) is 11.3 Å². The summed E-state index contributed by atoms with van der Waals surface area (Å²) >= 11 is 5.92. The molecule has 1 saturated heterocycles. The molecule has 3 N–H and O–H groups in total. The monoisotopic (exact) mass is 387 g/mol. The van der Waals surface area contributed by atoms with Crippen molar-refractivity contribution in [3.05, 3.63) is 64.7 Å². The number of hydrogen-bond donors (Lipinski definition) is 3. The largest absolute Gasteiger partial charge is 0.478 e. The molecule has 1 heterocycles. The van der Waals surface area contributed by atoms with Gasteiger partial charge in [-0.25, -0.2) is 0 Å². The van der Waals surface area contributed by atoms with Crippen molar-refractivity contribution in [2.45, 2.75) is 25.5 Å². The lowest BCUT2D eigenvalue weighted by Crippen LogP contribution is -2.24. The SMILES string of the molecule is N=C(OCCCN1CCC(O)C1)c1ccccc1NCc1ccc(Cl)cc1. The Bertz CT molecular complexity index is 751. The van der Waals surface area contributed by atoms with E-state index in [4.69, 9.17) is 21.7 Å². The van der Waals surface area contributed by atoms with Crippen molar-refractivity contribution in [1.29, 1.82) is 5.41 Å². The van der Waals surface area contributed by atoms with E-state index in [0.29, 0.717) is 13.2 Å². The van der Waals surface area contributed by atoms with Gasteiger partial charge in [0.25, 0.3) is 0 Å². The molecule has 0 aromatic heterocycles. The third-order valence-electron chi connectivity index (χ3n) is 4.68. The van der Waals surface area contributed by atoms with Crippen LogP contribution >= 0.6 is 11.6 Å². The maximum absolute atomic E-state index is 9.55. The van der Waals surface area contributed by atoms with Crippen molar-refractivity contribution in [1.82, 2.24) is 4.90 Å². The van der Waals surface area contributed by atoms with Crippen LogP contribution < -0.4 is 5.32 Å². The molecule has 1 aliphatic heterocycles. The second-order valence-corrected chi connectivity index (χ2v) is 7.24. The van der Waals surface area contributed by atoms with Crippen LogP contribution in [0.4, 0.5) is 5.69 Å². The molecule has 2 aromatic rings. The molecule has 1 aliphatic rings. The van der Waals surface area contributed by atoms with E-state index in [1.807, 2.05) is 48.5 Å². The van der Waals surface area contributed by atoms with Gasteiger partial charge in [0.15, 0.2) is 0 Å². The number of benzene rings is 2. The number of likely N-dealkylation sites (tertiary alicyclic amines) is 1. The molecule has 1 unspecified atom stereocenters. The highest BCUT2D eigenvalue weighted by molar-refractivity contribution is 6.30. The summed E-state index contributed by atoms with van der Waals surface area (Å²) in [6, 6.07) is 15.4. The molecule has 6 heteroatoms. The molecule has 0 aliphatic carbocycles. The minimum Gasteiger partial charge on any atom is -0.478 e. The van der Waals surface area contributed by atoms with Gasteiger partial charge in [0.1, 0.15) is 0 Å². The average Bonchev–Trinajstić information content (AvgIpc) is 3.10. The Morgan fingerprint density at radius 2 is 2.00 bits per heavy atom. The summed E-state index contributed by atoms with van der Waals surface area (Å²) in [5, 5.41) is 21.9. The lowest BCUT2D eigenvalue weighted by Gasteiger charge is -2.16. The molecule has 27 heavy (non-hydrogen) atoms. The molecule has 0 saturated carbocycles. The van der Waals surface area contributed by atoms with Gasteiger partial charge in [-0.05, 0) is 42.7 Å². The summed E-state index contributed by atoms with van der Waals surface area (Å²) in [6.07, 6.45) is 1.50. The predicted molar refractivity (Wildman–Crippen MR) is 110 cm³/mol. The summed E-state index contributed by atoms with van der Waals surface area (Å²) in [5.41, 5.74) is 2.75. The highest BCUT2D eigenvalue weighted by Crippen LogP contribution is 2.18. The molecule has 1 atom stereocenters. The number of para-hydroxylation sites is 1. The second kappa shape index (κ2) is 9.74. The highest BCUT2D eigenvalue weighted by Gasteiger charge is 2.19. The Hall–Kier alpha value is -2.08. The van der Waals surface area contributed by atoms with Gasteiger partial charge >= 0.3 is 0 Å². The number of nitrogens with zero attached hydrogens (tertiary/aromatic N) is 1. The predicted octanol–water partition coefficient (Wildman–Crippen LogP) is 3.75. The van der Waals surface area contributed by atoms with Gasteiger partial charge in [-0.1, -0.05) is 35.9 Å². The van der Waals surface area contributed by atoms with Gasteiger partial charge < -0.3 is 20.1 Å². The Morgan fingerprint density at radius 1 is 1.22 bits per heavy atom. The van der Waals surface area contributed by atoms with Crippen molar-refractivity contribution < 1.29 is 9.84 Å². The van der Waals surface area contributed by atoms with Gasteiger partial charge in [0.2, 0.25) is 5.90 Å². The van der Waals surface area contributed by atoms with Crippen molar-refractivity contribution in [3.8, 4) is 0 Å². The van der Waals surface area contributed by atoms with E-state index < -0.39 is 0 Å². The topological polar surface area (TPSA) is 68.6 Å². The Kier molecular flexibility index (Phi) is 7.10. The number of aliphatic hydroxyl groups is 1. The first-order valence-electron chi connectivity index (χ1n) is 9.31. The standard InChI is InChI=1S/C21H26ClN3O2/c22-17-8-6-16(7-9-17)14-24-20-5-2-1-4-19(20)21(23)27-13-3-11-25-12-10-18(26)15-25/h1-2,4-9,18,23-24,26H,3,10-15H2. The smallest absolute Gasteiger partial charge is 0.215 e. The fraction of sp³-hybridized carbons (Fsp3) is 0.381. The van der Waals surface area contributed by atoms with E-state index in [1.54, 1.807) is 0 Å². The Balaban J connectivity index is 1.48. The number of β-amino-alcohol motifs (C(OH)–C–C–N with tert-alkyl or cyclic N) is 1. The van der Waals surface area contributed by atoms with Gasteiger partial charge in [-0.2, -0.15) is 0 Å². The van der Waals surface area contributed by atoms with E-state index in [1.165, 1.54) is 0 Å². The van der Waals surface area contributed by atoms with Crippen LogP contribution in [0.2, 0.25) is 5.02 Å². The van der Waals surface area contributed by atoms with Gasteiger partial charge in [-0.15, -0.1) is 0 Å². The zero-order chi connectivity index (χ0) is 19.1. The number of nitrogens with one attached hydrogen (secondary N) is 2. The van der Waals surface area contributed by atoms with Crippen LogP contribution in [0.3, 0.4) is 0 Å². The number of halogens is 1. The lowest BCUT2D eigenvalue weighted by atomic mass is 10.1. The Labute approximate surface area is 165 Å². The maximum Gasteiger partial charge on any atom is 0.215 e. The van der Waals surface area contributed by atoms with Crippen LogP contribution in [0.25, 0.3) is 0 Å². The van der Waals surface area contributed by atoms with Gasteiger partial charge in [0.05, 0.1) is 18.3 Å². The molecule has 0 amide bonds. The molecule has 1 fully saturated rings. The summed E-state index contributed by atoms with van der Waals surface area (Å²) in [5.74, 6) is 0.177. The van der Waals surface area contributed by atoms with Crippen LogP contribution in [0.15, 0.2) is 48.5 Å². The summed E-state index contributed by atoms with van der Waals surface area (Å²) in [6.45, 7) is 3.72. The molecule has 3 rings (SSSR count). The zero-order valence-electron chi connectivity index (χ0n) is 15.3. The van der Waals surface area contributed by atoms with E-state index in [2.05, 4.69) is 10.2 Å². The minimum absolute atomic E-state index is 0.177. The normalized spacial score (nSPS) is 17.0. The van der Waals surface area contributed by atoms with Crippen LogP contribution in [-0.4, -0.2) is 48.2 Å². The third kappa shape index (κ3) is 5.96. The number of anilines is 1. The number of ether oxygens (including phenoxy) is 1. The molecular formula is C21H26ClN3O2. The summed E-state index contributed by atoms with van der Waals surface area (Å²) in [7, 11) is 0.